The molecule has 19 heavy (non-hydrogen) atoms. The molecular weight excluding hydrogens is 262 g/mol. The maximum absolute atomic E-state index is 12.3. The normalized spacial score (nSPS) is 18.8. The van der Waals surface area contributed by atoms with Crippen molar-refractivity contribution in [3.05, 3.63) is 21.4 Å². The first kappa shape index (κ1) is 14.1. The highest BCUT2D eigenvalue weighted by Gasteiger charge is 2.28. The third-order valence-electron chi connectivity index (χ3n) is 3.72. The Labute approximate surface area is 117 Å². The molecule has 1 aromatic heterocycles. The van der Waals surface area contributed by atoms with Crippen molar-refractivity contribution >= 4 is 23.2 Å². The first-order valence-electron chi connectivity index (χ1n) is 6.55. The molecule has 0 spiro atoms. The van der Waals surface area contributed by atoms with E-state index in [4.69, 9.17) is 5.11 Å². The molecule has 0 aromatic carbocycles. The summed E-state index contributed by atoms with van der Waals surface area (Å²) >= 11 is 1.54. The van der Waals surface area contributed by atoms with E-state index < -0.39 is 5.97 Å². The summed E-state index contributed by atoms with van der Waals surface area (Å²) in [4.78, 5) is 26.7. The van der Waals surface area contributed by atoms with Gasteiger partial charge >= 0.3 is 5.97 Å². The van der Waals surface area contributed by atoms with Gasteiger partial charge in [0, 0.05) is 24.4 Å². The van der Waals surface area contributed by atoms with Gasteiger partial charge in [-0.15, -0.1) is 11.3 Å². The largest absolute Gasteiger partial charge is 0.481 e. The van der Waals surface area contributed by atoms with Crippen molar-refractivity contribution in [2.24, 2.45) is 5.92 Å². The number of carboxylic acid groups (broad SMARTS) is 1. The Morgan fingerprint density at radius 3 is 2.79 bits per heavy atom. The molecule has 1 fully saturated rings. The number of likely N-dealkylation sites (tertiary alicyclic amines) is 1. The molecule has 0 saturated carbocycles. The van der Waals surface area contributed by atoms with Crippen LogP contribution in [0.15, 0.2) is 6.07 Å². The standard InChI is InChI=1S/C14H19NO3S/c1-9-7-12(19-10(9)2)14(18)15-6-5-11(8-15)3-4-13(16)17/h7,11H,3-6,8H2,1-2H3,(H,16,17). The molecular formula is C14H19NO3S. The van der Waals surface area contributed by atoms with Crippen molar-refractivity contribution in [3.63, 3.8) is 0 Å². The number of nitrogens with zero attached hydrogens (tertiary/aromatic N) is 1. The molecule has 1 aliphatic heterocycles. The minimum atomic E-state index is -0.755. The Balaban J connectivity index is 1.93. The van der Waals surface area contributed by atoms with Gasteiger partial charge in [0.1, 0.15) is 0 Å². The molecule has 1 aliphatic rings. The van der Waals surface area contributed by atoms with Gasteiger partial charge in [-0.25, -0.2) is 0 Å². The molecule has 2 rings (SSSR count). The van der Waals surface area contributed by atoms with E-state index in [-0.39, 0.29) is 12.3 Å². The van der Waals surface area contributed by atoms with Crippen molar-refractivity contribution in [3.8, 4) is 0 Å². The van der Waals surface area contributed by atoms with Crippen LogP contribution in [-0.4, -0.2) is 35.0 Å². The molecule has 2 heterocycles. The third-order valence-corrected chi connectivity index (χ3v) is 4.86. The zero-order chi connectivity index (χ0) is 14.0. The third kappa shape index (κ3) is 3.35. The summed E-state index contributed by atoms with van der Waals surface area (Å²) in [5, 5.41) is 8.68. The number of rotatable bonds is 4. The Morgan fingerprint density at radius 1 is 1.47 bits per heavy atom. The van der Waals surface area contributed by atoms with Crippen LogP contribution in [0.2, 0.25) is 0 Å². The van der Waals surface area contributed by atoms with Crippen molar-refractivity contribution in [1.82, 2.24) is 4.90 Å². The van der Waals surface area contributed by atoms with Crippen LogP contribution in [0.5, 0.6) is 0 Å². The van der Waals surface area contributed by atoms with Crippen LogP contribution < -0.4 is 0 Å². The van der Waals surface area contributed by atoms with Crippen LogP contribution in [-0.2, 0) is 4.79 Å². The van der Waals surface area contributed by atoms with Crippen molar-refractivity contribution in [2.45, 2.75) is 33.1 Å². The second-order valence-corrected chi connectivity index (χ2v) is 6.44. The van der Waals surface area contributed by atoms with E-state index in [1.807, 2.05) is 24.8 Å². The number of carbonyl (C=O) groups excluding carboxylic acids is 1. The van der Waals surface area contributed by atoms with E-state index in [1.165, 1.54) is 4.88 Å². The fourth-order valence-electron chi connectivity index (χ4n) is 2.41. The summed E-state index contributed by atoms with van der Waals surface area (Å²) in [5.74, 6) is -0.324. The first-order valence-corrected chi connectivity index (χ1v) is 7.37. The minimum absolute atomic E-state index is 0.0963. The highest BCUT2D eigenvalue weighted by molar-refractivity contribution is 7.14. The van der Waals surface area contributed by atoms with E-state index in [2.05, 4.69) is 0 Å². The Bertz CT molecular complexity index is 475. The summed E-state index contributed by atoms with van der Waals surface area (Å²) in [6.45, 7) is 5.49. The number of aliphatic carboxylic acids is 1. The molecule has 1 aromatic rings. The topological polar surface area (TPSA) is 57.6 Å². The molecule has 1 unspecified atom stereocenters. The Morgan fingerprint density at radius 2 is 2.21 bits per heavy atom. The molecule has 104 valence electrons. The van der Waals surface area contributed by atoms with Gasteiger partial charge in [-0.2, -0.15) is 0 Å². The lowest BCUT2D eigenvalue weighted by molar-refractivity contribution is -0.137. The molecule has 0 radical (unpaired) electrons. The zero-order valence-corrected chi connectivity index (χ0v) is 12.1. The Kier molecular flexibility index (Phi) is 4.24. The molecule has 1 saturated heterocycles. The first-order chi connectivity index (χ1) is 8.97. The maximum Gasteiger partial charge on any atom is 0.303 e. The van der Waals surface area contributed by atoms with E-state index >= 15 is 0 Å². The van der Waals surface area contributed by atoms with Crippen molar-refractivity contribution in [1.29, 1.82) is 0 Å². The smallest absolute Gasteiger partial charge is 0.303 e. The minimum Gasteiger partial charge on any atom is -0.481 e. The van der Waals surface area contributed by atoms with Crippen LogP contribution >= 0.6 is 11.3 Å². The number of hydrogen-bond donors (Lipinski definition) is 1. The molecule has 0 bridgehead atoms. The maximum atomic E-state index is 12.3. The molecule has 1 atom stereocenters. The predicted molar refractivity (Wildman–Crippen MR) is 74.7 cm³/mol. The Hall–Kier alpha value is -1.36. The van der Waals surface area contributed by atoms with E-state index in [0.29, 0.717) is 18.9 Å². The van der Waals surface area contributed by atoms with Gasteiger partial charge in [-0.05, 0) is 44.2 Å². The number of carbonyl (C=O) groups is 2. The van der Waals surface area contributed by atoms with E-state index in [9.17, 15) is 9.59 Å². The average Bonchev–Trinajstić information content (AvgIpc) is 2.94. The second-order valence-electron chi connectivity index (χ2n) is 5.19. The highest BCUT2D eigenvalue weighted by Crippen LogP contribution is 2.26. The van der Waals surface area contributed by atoms with Crippen LogP contribution in [0.3, 0.4) is 0 Å². The number of carboxylic acids is 1. The molecule has 5 heteroatoms. The predicted octanol–water partition coefficient (Wildman–Crippen LogP) is 2.69. The van der Waals surface area contributed by atoms with Crippen LogP contribution in [0.4, 0.5) is 0 Å². The summed E-state index contributed by atoms with van der Waals surface area (Å²) in [6.07, 6.45) is 1.79. The summed E-state index contributed by atoms with van der Waals surface area (Å²) in [5.41, 5.74) is 1.16. The summed E-state index contributed by atoms with van der Waals surface area (Å²) < 4.78 is 0. The van der Waals surface area contributed by atoms with Crippen LogP contribution in [0, 0.1) is 19.8 Å². The van der Waals surface area contributed by atoms with Crippen molar-refractivity contribution < 1.29 is 14.7 Å². The van der Waals surface area contributed by atoms with E-state index in [1.54, 1.807) is 11.3 Å². The molecule has 1 N–H and O–H groups in total. The fourth-order valence-corrected chi connectivity index (χ4v) is 3.42. The number of thiophene rings is 1. The lowest BCUT2D eigenvalue weighted by Gasteiger charge is -2.15. The molecule has 4 nitrogen and oxygen atoms in total. The zero-order valence-electron chi connectivity index (χ0n) is 11.3. The monoisotopic (exact) mass is 281 g/mol. The number of hydrogen-bond acceptors (Lipinski definition) is 3. The fraction of sp³-hybridized carbons (Fsp3) is 0.571. The van der Waals surface area contributed by atoms with E-state index in [0.717, 1.165) is 23.4 Å². The lowest BCUT2D eigenvalue weighted by Crippen LogP contribution is -2.28. The van der Waals surface area contributed by atoms with Crippen LogP contribution in [0.25, 0.3) is 0 Å². The average molecular weight is 281 g/mol. The van der Waals surface area contributed by atoms with Gasteiger partial charge < -0.3 is 10.0 Å². The van der Waals surface area contributed by atoms with Gasteiger partial charge in [-0.1, -0.05) is 0 Å². The quantitative estimate of drug-likeness (QED) is 0.923. The van der Waals surface area contributed by atoms with Gasteiger partial charge in [0.05, 0.1) is 4.88 Å². The summed E-state index contributed by atoms with van der Waals surface area (Å²) in [7, 11) is 0. The lowest BCUT2D eigenvalue weighted by atomic mass is 10.0. The van der Waals surface area contributed by atoms with Gasteiger partial charge in [0.25, 0.3) is 5.91 Å². The number of amides is 1. The SMILES string of the molecule is Cc1cc(C(=O)N2CCC(CCC(=O)O)C2)sc1C. The van der Waals surface area contributed by atoms with Crippen molar-refractivity contribution in [2.75, 3.05) is 13.1 Å². The van der Waals surface area contributed by atoms with Gasteiger partial charge in [0.2, 0.25) is 0 Å². The van der Waals surface area contributed by atoms with Crippen LogP contribution in [0.1, 0.15) is 39.4 Å². The van der Waals surface area contributed by atoms with Gasteiger partial charge in [-0.3, -0.25) is 9.59 Å². The number of aryl methyl sites for hydroxylation is 2. The molecule has 0 aliphatic carbocycles. The summed E-state index contributed by atoms with van der Waals surface area (Å²) in [6, 6.07) is 1.95. The van der Waals surface area contributed by atoms with Gasteiger partial charge in [0.15, 0.2) is 0 Å². The second kappa shape index (κ2) is 5.74. The highest BCUT2D eigenvalue weighted by atomic mass is 32.1. The molecule has 1 amide bonds.